The standard InChI is InChI=1S/C22H23BrN6O6S/c23-17-12-24-22(25-13-17)35-10-9-34-21-19(16-2-1-15-3-6-33-18(15)11-16)20(26-14-27-21)28-36(30,31)29-4-7-32-8-5-29/h1-2,11-14H,3-10H2,(H,26,27,28). The van der Waals surface area contributed by atoms with Crippen molar-refractivity contribution >= 4 is 32.0 Å². The van der Waals surface area contributed by atoms with E-state index < -0.39 is 10.2 Å². The van der Waals surface area contributed by atoms with Crippen LogP contribution in [0.2, 0.25) is 0 Å². The largest absolute Gasteiger partial charge is 0.493 e. The molecule has 190 valence electrons. The minimum Gasteiger partial charge on any atom is -0.493 e. The van der Waals surface area contributed by atoms with Crippen molar-refractivity contribution in [2.24, 2.45) is 0 Å². The van der Waals surface area contributed by atoms with E-state index in [1.165, 1.54) is 10.6 Å². The van der Waals surface area contributed by atoms with Crippen LogP contribution in [0.4, 0.5) is 5.82 Å². The fourth-order valence-corrected chi connectivity index (χ4v) is 5.12. The molecule has 14 heteroatoms. The predicted molar refractivity (Wildman–Crippen MR) is 132 cm³/mol. The highest BCUT2D eigenvalue weighted by Crippen LogP contribution is 2.38. The Morgan fingerprint density at radius 3 is 2.61 bits per heavy atom. The maximum absolute atomic E-state index is 13.1. The van der Waals surface area contributed by atoms with Gasteiger partial charge in [0.2, 0.25) is 5.88 Å². The zero-order valence-corrected chi connectivity index (χ0v) is 21.5. The number of rotatable bonds is 9. The van der Waals surface area contributed by atoms with E-state index in [4.69, 9.17) is 18.9 Å². The van der Waals surface area contributed by atoms with E-state index in [9.17, 15) is 8.42 Å². The van der Waals surface area contributed by atoms with Gasteiger partial charge < -0.3 is 18.9 Å². The zero-order chi connectivity index (χ0) is 25.0. The Kier molecular flexibility index (Phi) is 7.46. The van der Waals surface area contributed by atoms with Crippen molar-refractivity contribution in [2.45, 2.75) is 6.42 Å². The van der Waals surface area contributed by atoms with E-state index in [1.54, 1.807) is 12.4 Å². The number of ether oxygens (including phenoxy) is 4. The van der Waals surface area contributed by atoms with Gasteiger partial charge in [-0.25, -0.2) is 19.9 Å². The lowest BCUT2D eigenvalue weighted by atomic mass is 10.0. The van der Waals surface area contributed by atoms with Gasteiger partial charge in [0.25, 0.3) is 0 Å². The summed E-state index contributed by atoms with van der Waals surface area (Å²) in [6.45, 7) is 2.02. The Labute approximate surface area is 216 Å². The molecule has 1 saturated heterocycles. The van der Waals surface area contributed by atoms with Gasteiger partial charge in [0.05, 0.1) is 29.9 Å². The number of nitrogens with zero attached hydrogens (tertiary/aromatic N) is 5. The molecule has 2 aliphatic heterocycles. The van der Waals surface area contributed by atoms with Crippen LogP contribution in [0.1, 0.15) is 5.56 Å². The van der Waals surface area contributed by atoms with Crippen LogP contribution in [0, 0.1) is 0 Å². The average molecular weight is 579 g/mol. The molecule has 0 atom stereocenters. The van der Waals surface area contributed by atoms with Gasteiger partial charge in [-0.15, -0.1) is 0 Å². The lowest BCUT2D eigenvalue weighted by Gasteiger charge is -2.26. The van der Waals surface area contributed by atoms with Crippen molar-refractivity contribution in [3.05, 3.63) is 47.0 Å². The highest BCUT2D eigenvalue weighted by Gasteiger charge is 2.27. The number of benzene rings is 1. The molecule has 0 aliphatic carbocycles. The second kappa shape index (κ2) is 10.9. The quantitative estimate of drug-likeness (QED) is 0.375. The van der Waals surface area contributed by atoms with Crippen molar-refractivity contribution in [1.82, 2.24) is 24.2 Å². The second-order valence-electron chi connectivity index (χ2n) is 7.82. The molecule has 0 radical (unpaired) electrons. The molecule has 0 bridgehead atoms. The van der Waals surface area contributed by atoms with Crippen LogP contribution < -0.4 is 18.9 Å². The summed E-state index contributed by atoms with van der Waals surface area (Å²) in [4.78, 5) is 16.6. The van der Waals surface area contributed by atoms with Crippen LogP contribution >= 0.6 is 15.9 Å². The molecule has 12 nitrogen and oxygen atoms in total. The molecule has 3 aromatic rings. The Hall–Kier alpha value is -3.07. The minimum absolute atomic E-state index is 0.0987. The highest BCUT2D eigenvalue weighted by atomic mass is 79.9. The summed E-state index contributed by atoms with van der Waals surface area (Å²) in [5, 5.41) is 0. The Morgan fingerprint density at radius 2 is 1.81 bits per heavy atom. The summed E-state index contributed by atoms with van der Waals surface area (Å²) in [7, 11) is -3.88. The monoisotopic (exact) mass is 578 g/mol. The van der Waals surface area contributed by atoms with Crippen molar-refractivity contribution in [2.75, 3.05) is 50.8 Å². The van der Waals surface area contributed by atoms with Crippen molar-refractivity contribution < 1.29 is 27.4 Å². The zero-order valence-electron chi connectivity index (χ0n) is 19.1. The van der Waals surface area contributed by atoms with Crippen LogP contribution in [0.5, 0.6) is 17.6 Å². The SMILES string of the molecule is O=S(=O)(Nc1ncnc(OCCOc2ncc(Br)cn2)c1-c1ccc2c(c1)OCC2)N1CCOCC1. The number of halogens is 1. The topological polar surface area (TPSA) is 138 Å². The molecule has 36 heavy (non-hydrogen) atoms. The molecule has 0 saturated carbocycles. The fraction of sp³-hybridized carbons (Fsp3) is 0.364. The minimum atomic E-state index is -3.88. The molecular formula is C22H23BrN6O6S. The number of anilines is 1. The third kappa shape index (κ3) is 5.67. The third-order valence-electron chi connectivity index (χ3n) is 5.48. The predicted octanol–water partition coefficient (Wildman–Crippen LogP) is 2.08. The molecule has 2 aromatic heterocycles. The molecule has 1 aromatic carbocycles. The molecule has 0 spiro atoms. The smallest absolute Gasteiger partial charge is 0.316 e. The van der Waals surface area contributed by atoms with Crippen LogP contribution in [-0.2, 0) is 21.4 Å². The number of morpholine rings is 1. The van der Waals surface area contributed by atoms with E-state index in [1.807, 2.05) is 18.2 Å². The summed E-state index contributed by atoms with van der Waals surface area (Å²) >= 11 is 3.27. The van der Waals surface area contributed by atoms with E-state index in [-0.39, 0.29) is 44.0 Å². The number of fused-ring (bicyclic) bond motifs is 1. The summed E-state index contributed by atoms with van der Waals surface area (Å²) in [5.74, 6) is 1.03. The van der Waals surface area contributed by atoms with Crippen LogP contribution in [0.3, 0.4) is 0 Å². The van der Waals surface area contributed by atoms with E-state index in [0.717, 1.165) is 22.2 Å². The summed E-state index contributed by atoms with van der Waals surface area (Å²) < 4.78 is 53.2. The lowest BCUT2D eigenvalue weighted by molar-refractivity contribution is 0.0733. The number of hydrogen-bond acceptors (Lipinski definition) is 10. The maximum Gasteiger partial charge on any atom is 0.316 e. The van der Waals surface area contributed by atoms with Crippen LogP contribution in [0.15, 0.2) is 41.4 Å². The first kappa shape index (κ1) is 24.6. The van der Waals surface area contributed by atoms with Crippen molar-refractivity contribution in [3.8, 4) is 28.8 Å². The van der Waals surface area contributed by atoms with Gasteiger partial charge in [0.1, 0.15) is 25.3 Å². The van der Waals surface area contributed by atoms with Crippen LogP contribution in [-0.4, -0.2) is 78.8 Å². The maximum atomic E-state index is 13.1. The average Bonchev–Trinajstić information content (AvgIpc) is 3.36. The summed E-state index contributed by atoms with van der Waals surface area (Å²) in [6.07, 6.45) is 5.22. The Balaban J connectivity index is 1.40. The van der Waals surface area contributed by atoms with Gasteiger partial charge in [-0.3, -0.25) is 4.72 Å². The molecule has 4 heterocycles. The number of hydrogen-bond donors (Lipinski definition) is 1. The highest BCUT2D eigenvalue weighted by molar-refractivity contribution is 9.10. The molecule has 0 unspecified atom stereocenters. The molecule has 0 amide bonds. The number of aromatic nitrogens is 4. The summed E-state index contributed by atoms with van der Waals surface area (Å²) in [6, 6.07) is 5.87. The van der Waals surface area contributed by atoms with Crippen molar-refractivity contribution in [1.29, 1.82) is 0 Å². The van der Waals surface area contributed by atoms with E-state index in [2.05, 4.69) is 40.6 Å². The summed E-state index contributed by atoms with van der Waals surface area (Å²) in [5.41, 5.74) is 2.13. The first-order chi connectivity index (χ1) is 17.5. The molecule has 1 N–H and O–H groups in total. The Bertz CT molecular complexity index is 1320. The van der Waals surface area contributed by atoms with Gasteiger partial charge in [-0.05, 0) is 33.1 Å². The van der Waals surface area contributed by atoms with Gasteiger partial charge in [-0.2, -0.15) is 12.7 Å². The number of nitrogens with one attached hydrogen (secondary N) is 1. The molecule has 2 aliphatic rings. The first-order valence-corrected chi connectivity index (χ1v) is 13.4. The first-order valence-electron chi connectivity index (χ1n) is 11.2. The van der Waals surface area contributed by atoms with E-state index >= 15 is 0 Å². The molecular weight excluding hydrogens is 556 g/mol. The normalized spacial score (nSPS) is 15.7. The lowest BCUT2D eigenvalue weighted by Crippen LogP contribution is -2.43. The molecule has 5 rings (SSSR count). The second-order valence-corrected chi connectivity index (χ2v) is 10.4. The van der Waals surface area contributed by atoms with Crippen molar-refractivity contribution in [3.63, 3.8) is 0 Å². The van der Waals surface area contributed by atoms with Gasteiger partial charge in [0.15, 0.2) is 5.82 Å². The van der Waals surface area contributed by atoms with Gasteiger partial charge in [0, 0.05) is 31.9 Å². The van der Waals surface area contributed by atoms with Gasteiger partial charge in [-0.1, -0.05) is 12.1 Å². The van der Waals surface area contributed by atoms with Gasteiger partial charge >= 0.3 is 16.2 Å². The van der Waals surface area contributed by atoms with E-state index in [0.29, 0.717) is 30.9 Å². The van der Waals surface area contributed by atoms with Crippen LogP contribution in [0.25, 0.3) is 11.1 Å². The third-order valence-corrected chi connectivity index (χ3v) is 7.39. The fourth-order valence-electron chi connectivity index (χ4n) is 3.76. The Morgan fingerprint density at radius 1 is 1.03 bits per heavy atom. The molecule has 1 fully saturated rings.